The third-order valence-corrected chi connectivity index (χ3v) is 5.86. The van der Waals surface area contributed by atoms with Crippen molar-refractivity contribution in [2.75, 3.05) is 11.0 Å². The minimum Gasteiger partial charge on any atom is -0.293 e. The maximum Gasteiger partial charge on any atom is 0.229 e. The molecular weight excluding hydrogens is 408 g/mol. The van der Waals surface area contributed by atoms with E-state index in [1.54, 1.807) is 24.3 Å². The lowest BCUT2D eigenvalue weighted by molar-refractivity contribution is 0.0994. The third-order valence-electron chi connectivity index (χ3n) is 4.21. The molecule has 1 heterocycles. The summed E-state index contributed by atoms with van der Waals surface area (Å²) in [5.74, 6) is 0.671. The van der Waals surface area contributed by atoms with Crippen LogP contribution in [0.5, 0.6) is 0 Å². The summed E-state index contributed by atoms with van der Waals surface area (Å²) in [7, 11) is -3.36. The zero-order valence-corrected chi connectivity index (χ0v) is 18.2. The molecule has 1 unspecified atom stereocenters. The van der Waals surface area contributed by atoms with E-state index in [-0.39, 0.29) is 5.78 Å². The number of rotatable bonds is 7. The minimum absolute atomic E-state index is 0.0722. The number of benzene rings is 2. The van der Waals surface area contributed by atoms with Gasteiger partial charge in [0.25, 0.3) is 0 Å². The summed E-state index contributed by atoms with van der Waals surface area (Å²) in [6, 6.07) is 14.4. The average molecular weight is 431 g/mol. The Morgan fingerprint density at radius 3 is 2.24 bits per heavy atom. The molecule has 3 aromatic rings. The molecule has 0 aliphatic carbocycles. The van der Waals surface area contributed by atoms with Gasteiger partial charge in [-0.3, -0.25) is 14.1 Å². The van der Waals surface area contributed by atoms with Crippen molar-refractivity contribution in [3.8, 4) is 5.69 Å². The van der Waals surface area contributed by atoms with E-state index in [1.165, 1.54) is 11.8 Å². The predicted octanol–water partition coefficient (Wildman–Crippen LogP) is 3.62. The molecule has 0 saturated heterocycles. The number of carbonyl (C=O) groups excluding carboxylic acids is 1. The number of hydrogen-bond acceptors (Lipinski definition) is 6. The number of hydrogen-bond donors (Lipinski definition) is 1. The number of carbonyl (C=O) groups is 1. The normalized spacial score (nSPS) is 12.6. The average Bonchev–Trinajstić information content (AvgIpc) is 3.01. The Morgan fingerprint density at radius 1 is 1.03 bits per heavy atom. The summed E-state index contributed by atoms with van der Waals surface area (Å²) in [6.07, 6.45) is 1.08. The largest absolute Gasteiger partial charge is 0.293 e. The van der Waals surface area contributed by atoms with Crippen LogP contribution in [0, 0.1) is 13.8 Å². The van der Waals surface area contributed by atoms with Crippen molar-refractivity contribution in [2.24, 2.45) is 0 Å². The fraction of sp³-hybridized carbons (Fsp3) is 0.250. The second-order valence-electron chi connectivity index (χ2n) is 6.78. The van der Waals surface area contributed by atoms with Crippen LogP contribution in [-0.4, -0.2) is 40.5 Å². The molecule has 2 aromatic carbocycles. The molecule has 0 amide bonds. The molecule has 3 rings (SSSR count). The summed E-state index contributed by atoms with van der Waals surface area (Å²) < 4.78 is 26.9. The van der Waals surface area contributed by atoms with E-state index in [0.717, 1.165) is 23.3 Å². The zero-order valence-electron chi connectivity index (χ0n) is 16.6. The SMILES string of the molecule is Cc1ccc(-n2c(C)nnc2SC(C)C(=O)c2ccc(NS(C)(=O)=O)cc2)cc1. The summed E-state index contributed by atoms with van der Waals surface area (Å²) in [6.45, 7) is 5.71. The monoisotopic (exact) mass is 430 g/mol. The van der Waals surface area contributed by atoms with Gasteiger partial charge in [0.15, 0.2) is 10.9 Å². The Kier molecular flexibility index (Phi) is 6.09. The molecule has 29 heavy (non-hydrogen) atoms. The maximum atomic E-state index is 12.8. The van der Waals surface area contributed by atoms with Crippen molar-refractivity contribution >= 4 is 33.3 Å². The lowest BCUT2D eigenvalue weighted by Gasteiger charge is -2.13. The highest BCUT2D eigenvalue weighted by Crippen LogP contribution is 2.28. The lowest BCUT2D eigenvalue weighted by atomic mass is 10.1. The van der Waals surface area contributed by atoms with Gasteiger partial charge in [-0.25, -0.2) is 8.42 Å². The summed E-state index contributed by atoms with van der Waals surface area (Å²) in [4.78, 5) is 12.8. The van der Waals surface area contributed by atoms with Crippen LogP contribution in [-0.2, 0) is 10.0 Å². The van der Waals surface area contributed by atoms with Crippen LogP contribution in [0.1, 0.15) is 28.7 Å². The van der Waals surface area contributed by atoms with Crippen LogP contribution in [0.2, 0.25) is 0 Å². The zero-order chi connectivity index (χ0) is 21.2. The summed E-state index contributed by atoms with van der Waals surface area (Å²) in [5.41, 5.74) is 3.02. The first kappa shape index (κ1) is 21.1. The first-order valence-electron chi connectivity index (χ1n) is 8.92. The van der Waals surface area contributed by atoms with Gasteiger partial charge in [0.05, 0.1) is 11.5 Å². The Bertz CT molecular complexity index is 1120. The molecule has 1 N–H and O–H groups in total. The number of thioether (sulfide) groups is 1. The molecule has 0 aliphatic heterocycles. The number of aromatic nitrogens is 3. The van der Waals surface area contributed by atoms with E-state index in [0.29, 0.717) is 16.4 Å². The molecule has 0 radical (unpaired) electrons. The van der Waals surface area contributed by atoms with Gasteiger partial charge in [0.2, 0.25) is 10.0 Å². The van der Waals surface area contributed by atoms with Crippen LogP contribution in [0.3, 0.4) is 0 Å². The van der Waals surface area contributed by atoms with Crippen LogP contribution >= 0.6 is 11.8 Å². The van der Waals surface area contributed by atoms with Gasteiger partial charge in [-0.15, -0.1) is 10.2 Å². The van der Waals surface area contributed by atoms with Gasteiger partial charge in [-0.05, 0) is 57.2 Å². The molecule has 7 nitrogen and oxygen atoms in total. The van der Waals surface area contributed by atoms with Crippen molar-refractivity contribution in [3.63, 3.8) is 0 Å². The van der Waals surface area contributed by atoms with Crippen molar-refractivity contribution in [1.82, 2.24) is 14.8 Å². The number of sulfonamides is 1. The molecule has 0 aliphatic rings. The molecule has 9 heteroatoms. The van der Waals surface area contributed by atoms with Crippen molar-refractivity contribution in [2.45, 2.75) is 31.2 Å². The Balaban J connectivity index is 1.78. The topological polar surface area (TPSA) is 93.9 Å². The number of nitrogens with zero attached hydrogens (tertiary/aromatic N) is 3. The molecular formula is C20H22N4O3S2. The smallest absolute Gasteiger partial charge is 0.229 e. The van der Waals surface area contributed by atoms with Crippen molar-refractivity contribution in [3.05, 3.63) is 65.5 Å². The quantitative estimate of drug-likeness (QED) is 0.454. The van der Waals surface area contributed by atoms with Crippen LogP contribution in [0.4, 0.5) is 5.69 Å². The fourth-order valence-corrected chi connectivity index (χ4v) is 4.33. The molecule has 152 valence electrons. The molecule has 1 aromatic heterocycles. The molecule has 0 saturated carbocycles. The standard InChI is InChI=1S/C20H22N4O3S2/c1-13-5-11-18(12-6-13)24-15(3)21-22-20(24)28-14(2)19(25)16-7-9-17(10-8-16)23-29(4,26)27/h5-12,14,23H,1-4H3. The second kappa shape index (κ2) is 8.38. The van der Waals surface area contributed by atoms with Crippen LogP contribution in [0.25, 0.3) is 5.69 Å². The van der Waals surface area contributed by atoms with Crippen LogP contribution in [0.15, 0.2) is 53.7 Å². The number of ketones is 1. The Labute approximate surface area is 174 Å². The second-order valence-corrected chi connectivity index (χ2v) is 9.83. The van der Waals surface area contributed by atoms with Gasteiger partial charge in [-0.1, -0.05) is 29.5 Å². The van der Waals surface area contributed by atoms with Crippen molar-refractivity contribution < 1.29 is 13.2 Å². The van der Waals surface area contributed by atoms with Gasteiger partial charge in [0, 0.05) is 16.9 Å². The summed E-state index contributed by atoms with van der Waals surface area (Å²) in [5, 5.41) is 8.64. The molecule has 0 spiro atoms. The van der Waals surface area contributed by atoms with E-state index in [1.807, 2.05) is 49.6 Å². The van der Waals surface area contributed by atoms with E-state index < -0.39 is 15.3 Å². The van der Waals surface area contributed by atoms with E-state index in [4.69, 9.17) is 0 Å². The highest BCUT2D eigenvalue weighted by Gasteiger charge is 2.21. The number of anilines is 1. The van der Waals surface area contributed by atoms with Gasteiger partial charge >= 0.3 is 0 Å². The van der Waals surface area contributed by atoms with Gasteiger partial charge < -0.3 is 0 Å². The first-order chi connectivity index (χ1) is 13.6. The number of Topliss-reactive ketones (excluding diaryl/α,β-unsaturated/α-hetero) is 1. The molecule has 0 fully saturated rings. The van der Waals surface area contributed by atoms with E-state index >= 15 is 0 Å². The summed E-state index contributed by atoms with van der Waals surface area (Å²) >= 11 is 1.34. The van der Waals surface area contributed by atoms with Crippen molar-refractivity contribution in [1.29, 1.82) is 0 Å². The third kappa shape index (κ3) is 5.24. The molecule has 1 atom stereocenters. The predicted molar refractivity (Wildman–Crippen MR) is 115 cm³/mol. The van der Waals surface area contributed by atoms with E-state index in [2.05, 4.69) is 14.9 Å². The van der Waals surface area contributed by atoms with Gasteiger partial charge in [-0.2, -0.15) is 0 Å². The fourth-order valence-electron chi connectivity index (χ4n) is 2.77. The van der Waals surface area contributed by atoms with Gasteiger partial charge in [0.1, 0.15) is 5.82 Å². The highest BCUT2D eigenvalue weighted by atomic mass is 32.2. The number of aryl methyl sites for hydroxylation is 2. The Hall–Kier alpha value is -2.65. The number of nitrogens with one attached hydrogen (secondary N) is 1. The van der Waals surface area contributed by atoms with E-state index in [9.17, 15) is 13.2 Å². The Morgan fingerprint density at radius 2 is 1.66 bits per heavy atom. The molecule has 0 bridgehead atoms. The minimum atomic E-state index is -3.36. The first-order valence-corrected chi connectivity index (χ1v) is 11.7. The maximum absolute atomic E-state index is 12.8. The lowest BCUT2D eigenvalue weighted by Crippen LogP contribution is -2.15. The highest BCUT2D eigenvalue weighted by molar-refractivity contribution is 8.00. The van der Waals surface area contributed by atoms with Crippen LogP contribution < -0.4 is 4.72 Å².